The molecule has 0 heterocycles. The molecule has 0 saturated carbocycles. The van der Waals surface area contributed by atoms with Crippen LogP contribution in [0, 0.1) is 0 Å². The summed E-state index contributed by atoms with van der Waals surface area (Å²) < 4.78 is 28.5. The number of nitrogens with zero attached hydrogens (tertiary/aromatic N) is 1. The van der Waals surface area contributed by atoms with Crippen LogP contribution in [0.2, 0.25) is 0 Å². The first-order valence-corrected chi connectivity index (χ1v) is 10.6. The lowest BCUT2D eigenvalue weighted by Gasteiger charge is -2.23. The monoisotopic (exact) mass is 388 g/mol. The number of hydrogen-bond donors (Lipinski definition) is 1. The quantitative estimate of drug-likeness (QED) is 0.804. The number of anilines is 1. The zero-order chi connectivity index (χ0) is 20.2. The summed E-state index contributed by atoms with van der Waals surface area (Å²) in [6, 6.07) is 13.5. The van der Waals surface area contributed by atoms with Crippen molar-refractivity contribution >= 4 is 21.6 Å². The molecule has 2 aromatic carbocycles. The van der Waals surface area contributed by atoms with E-state index in [0.717, 1.165) is 5.56 Å². The van der Waals surface area contributed by atoms with Crippen LogP contribution < -0.4 is 4.72 Å². The van der Waals surface area contributed by atoms with Gasteiger partial charge in [-0.05, 0) is 49.1 Å². The van der Waals surface area contributed by atoms with E-state index in [4.69, 9.17) is 0 Å². The van der Waals surface area contributed by atoms with Crippen molar-refractivity contribution in [1.82, 2.24) is 4.90 Å². The highest BCUT2D eigenvalue weighted by Crippen LogP contribution is 2.30. The lowest BCUT2D eigenvalue weighted by molar-refractivity contribution is 0.0772. The molecule has 0 saturated heterocycles. The van der Waals surface area contributed by atoms with Crippen LogP contribution in [0.25, 0.3) is 0 Å². The van der Waals surface area contributed by atoms with Crippen molar-refractivity contribution in [3.63, 3.8) is 0 Å². The van der Waals surface area contributed by atoms with Gasteiger partial charge in [-0.15, -0.1) is 0 Å². The van der Waals surface area contributed by atoms with Crippen LogP contribution in [0.4, 0.5) is 5.69 Å². The number of carbonyl (C=O) groups is 1. The first-order chi connectivity index (χ1) is 12.6. The summed E-state index contributed by atoms with van der Waals surface area (Å²) in [5.74, 6) is -0.174. The van der Waals surface area contributed by atoms with Crippen molar-refractivity contribution in [2.75, 3.05) is 17.8 Å². The largest absolute Gasteiger partial charge is 0.339 e. The van der Waals surface area contributed by atoms with Gasteiger partial charge in [0.15, 0.2) is 0 Å². The molecule has 0 aliphatic carbocycles. The van der Waals surface area contributed by atoms with Crippen molar-refractivity contribution in [1.29, 1.82) is 0 Å². The summed E-state index contributed by atoms with van der Waals surface area (Å²) in [4.78, 5) is 14.3. The molecule has 27 heavy (non-hydrogen) atoms. The molecule has 0 atom stereocenters. The maximum absolute atomic E-state index is 12.9. The second-order valence-corrected chi connectivity index (χ2v) is 9.09. The van der Waals surface area contributed by atoms with Crippen LogP contribution in [-0.4, -0.2) is 32.3 Å². The highest BCUT2D eigenvalue weighted by atomic mass is 32.2. The number of sulfonamides is 1. The molecule has 0 radical (unpaired) electrons. The van der Waals surface area contributed by atoms with E-state index in [2.05, 4.69) is 4.72 Å². The summed E-state index contributed by atoms with van der Waals surface area (Å²) >= 11 is 0. The molecule has 5 nitrogen and oxygen atoms in total. The lowest BCUT2D eigenvalue weighted by atomic mass is 9.86. The highest BCUT2D eigenvalue weighted by Gasteiger charge is 2.23. The van der Waals surface area contributed by atoms with Crippen molar-refractivity contribution in [2.24, 2.45) is 0 Å². The predicted molar refractivity (Wildman–Crippen MR) is 110 cm³/mol. The van der Waals surface area contributed by atoms with Gasteiger partial charge in [0.25, 0.3) is 15.9 Å². The SMILES string of the molecule is CCN(CC)C(=O)c1cccc(S(=O)(=O)Nc2ccccc2C(C)(C)C)c1. The number of nitrogens with one attached hydrogen (secondary N) is 1. The minimum Gasteiger partial charge on any atom is -0.339 e. The second kappa shape index (κ2) is 8.13. The third kappa shape index (κ3) is 4.89. The predicted octanol–water partition coefficient (Wildman–Crippen LogP) is 4.27. The first-order valence-electron chi connectivity index (χ1n) is 9.11. The Balaban J connectivity index is 2.39. The van der Waals surface area contributed by atoms with Crippen molar-refractivity contribution in [2.45, 2.75) is 44.9 Å². The molecular weight excluding hydrogens is 360 g/mol. The summed E-state index contributed by atoms with van der Waals surface area (Å²) in [6.07, 6.45) is 0. The molecule has 146 valence electrons. The Hall–Kier alpha value is -2.34. The number of hydrogen-bond acceptors (Lipinski definition) is 3. The number of para-hydroxylation sites is 1. The standard InChI is InChI=1S/C21H28N2O3S/c1-6-23(7-2)20(24)16-11-10-12-17(15-16)27(25,26)22-19-14-9-8-13-18(19)21(3,4)5/h8-15,22H,6-7H2,1-5H3. The molecule has 0 bridgehead atoms. The van der Waals surface area contributed by atoms with Gasteiger partial charge in [-0.2, -0.15) is 0 Å². The van der Waals surface area contributed by atoms with E-state index in [9.17, 15) is 13.2 Å². The van der Waals surface area contributed by atoms with Gasteiger partial charge in [0, 0.05) is 18.7 Å². The molecule has 2 rings (SSSR count). The van der Waals surface area contributed by atoms with Gasteiger partial charge in [-0.1, -0.05) is 45.0 Å². The van der Waals surface area contributed by atoms with E-state index in [1.807, 2.05) is 46.8 Å². The maximum Gasteiger partial charge on any atom is 0.261 e. The summed E-state index contributed by atoms with van der Waals surface area (Å²) in [6.45, 7) is 11.0. The molecule has 2 aromatic rings. The number of amides is 1. The summed E-state index contributed by atoms with van der Waals surface area (Å²) in [7, 11) is -3.81. The van der Waals surface area contributed by atoms with Gasteiger partial charge in [0.1, 0.15) is 0 Å². The van der Waals surface area contributed by atoms with Gasteiger partial charge in [0.2, 0.25) is 0 Å². The van der Waals surface area contributed by atoms with E-state index in [-0.39, 0.29) is 16.2 Å². The van der Waals surface area contributed by atoms with Crippen LogP contribution in [0.1, 0.15) is 50.5 Å². The number of benzene rings is 2. The molecule has 0 unspecified atom stereocenters. The smallest absolute Gasteiger partial charge is 0.261 e. The molecular formula is C21H28N2O3S. The summed E-state index contributed by atoms with van der Waals surface area (Å²) in [5.41, 5.74) is 1.61. The van der Waals surface area contributed by atoms with E-state index in [0.29, 0.717) is 24.3 Å². The third-order valence-electron chi connectivity index (χ3n) is 4.42. The van der Waals surface area contributed by atoms with Gasteiger partial charge in [-0.3, -0.25) is 9.52 Å². The Bertz CT molecular complexity index is 911. The fraction of sp³-hybridized carbons (Fsp3) is 0.381. The fourth-order valence-electron chi connectivity index (χ4n) is 2.92. The topological polar surface area (TPSA) is 66.5 Å². The molecule has 1 N–H and O–H groups in total. The molecule has 1 amide bonds. The Morgan fingerprint density at radius 2 is 1.63 bits per heavy atom. The minimum atomic E-state index is -3.81. The molecule has 0 aliphatic heterocycles. The van der Waals surface area contributed by atoms with Crippen molar-refractivity contribution < 1.29 is 13.2 Å². The van der Waals surface area contributed by atoms with Crippen LogP contribution in [0.5, 0.6) is 0 Å². The maximum atomic E-state index is 12.9. The van der Waals surface area contributed by atoms with Crippen molar-refractivity contribution in [3.05, 3.63) is 59.7 Å². The van der Waals surface area contributed by atoms with E-state index in [1.54, 1.807) is 29.2 Å². The van der Waals surface area contributed by atoms with E-state index < -0.39 is 10.0 Å². The van der Waals surface area contributed by atoms with E-state index in [1.165, 1.54) is 12.1 Å². The zero-order valence-electron chi connectivity index (χ0n) is 16.6. The van der Waals surface area contributed by atoms with E-state index >= 15 is 0 Å². The summed E-state index contributed by atoms with van der Waals surface area (Å²) in [5, 5.41) is 0. The third-order valence-corrected chi connectivity index (χ3v) is 5.78. The number of rotatable bonds is 6. The average Bonchev–Trinajstić information content (AvgIpc) is 2.62. The second-order valence-electron chi connectivity index (χ2n) is 7.41. The Labute approximate surface area is 162 Å². The molecule has 0 spiro atoms. The molecule has 0 fully saturated rings. The van der Waals surface area contributed by atoms with Gasteiger partial charge < -0.3 is 4.90 Å². The van der Waals surface area contributed by atoms with Crippen LogP contribution in [0.3, 0.4) is 0 Å². The number of carbonyl (C=O) groups excluding carboxylic acids is 1. The Morgan fingerprint density at radius 3 is 2.22 bits per heavy atom. The van der Waals surface area contributed by atoms with Gasteiger partial charge in [0.05, 0.1) is 10.6 Å². The normalized spacial score (nSPS) is 11.9. The minimum absolute atomic E-state index is 0.0734. The van der Waals surface area contributed by atoms with Crippen LogP contribution >= 0.6 is 0 Å². The Kier molecular flexibility index (Phi) is 6.31. The lowest BCUT2D eigenvalue weighted by Crippen LogP contribution is -2.30. The highest BCUT2D eigenvalue weighted by molar-refractivity contribution is 7.92. The molecule has 0 aromatic heterocycles. The fourth-order valence-corrected chi connectivity index (χ4v) is 4.04. The average molecular weight is 389 g/mol. The molecule has 6 heteroatoms. The van der Waals surface area contributed by atoms with Crippen LogP contribution in [-0.2, 0) is 15.4 Å². The molecule has 0 aliphatic rings. The Morgan fingerprint density at radius 1 is 1.00 bits per heavy atom. The first kappa shape index (κ1) is 21.0. The van der Waals surface area contributed by atoms with Crippen molar-refractivity contribution in [3.8, 4) is 0 Å². The van der Waals surface area contributed by atoms with Crippen LogP contribution in [0.15, 0.2) is 53.4 Å². The van der Waals surface area contributed by atoms with Gasteiger partial charge in [-0.25, -0.2) is 8.42 Å². The van der Waals surface area contributed by atoms with Gasteiger partial charge >= 0.3 is 0 Å². The zero-order valence-corrected chi connectivity index (χ0v) is 17.4.